The average molecular weight is 357 g/mol. The smallest absolute Gasteiger partial charge is 0.136 e. The summed E-state index contributed by atoms with van der Waals surface area (Å²) in [6.07, 6.45) is 4.30. The molecule has 142 valence electrons. The lowest BCUT2D eigenvalue weighted by atomic mass is 9.69. The van der Waals surface area contributed by atoms with E-state index in [1.807, 2.05) is 6.92 Å². The zero-order valence-corrected chi connectivity index (χ0v) is 16.1. The summed E-state index contributed by atoms with van der Waals surface area (Å²) >= 11 is 0. The molecule has 1 aromatic rings. The van der Waals surface area contributed by atoms with Crippen LogP contribution in [0.15, 0.2) is 23.2 Å². The van der Waals surface area contributed by atoms with E-state index in [0.29, 0.717) is 18.2 Å². The molecule has 1 atom stereocenters. The lowest BCUT2D eigenvalue weighted by molar-refractivity contribution is 0.0542. The van der Waals surface area contributed by atoms with Gasteiger partial charge in [0.2, 0.25) is 0 Å². The van der Waals surface area contributed by atoms with Gasteiger partial charge in [0.15, 0.2) is 0 Å². The highest BCUT2D eigenvalue weighted by Gasteiger charge is 2.48. The summed E-state index contributed by atoms with van der Waals surface area (Å²) in [5.74, 6) is 1.38. The molecule has 0 aliphatic heterocycles. The number of hydrogen-bond donors (Lipinski definition) is 3. The third-order valence-electron chi connectivity index (χ3n) is 5.78. The van der Waals surface area contributed by atoms with Gasteiger partial charge in [0.1, 0.15) is 11.6 Å². The van der Waals surface area contributed by atoms with Crippen LogP contribution in [0.4, 0.5) is 0 Å². The minimum Gasteiger partial charge on any atom is -0.493 e. The number of aliphatic hydroxyl groups is 1. The SMILES string of the molecule is C/C(=N/[C@H]1c2cc(OCC(C)C)ccc2C[C@]12CC[C@@H](O)CC2)C(=N)N. The standard InChI is InChI=1S/C21H31N3O2/c1-13(2)12-26-17-5-4-15-11-21(8-6-16(25)7-9-21)19(18(15)10-17)24-14(3)20(22)23/h4-5,10,13,16,19,25H,6-9,11-12H2,1-3H3,(H3,22,23)/b24-14-/t16-,19-,21-/m0/s1. The summed E-state index contributed by atoms with van der Waals surface area (Å²) in [4.78, 5) is 4.89. The van der Waals surface area contributed by atoms with Crippen LogP contribution in [0, 0.1) is 16.7 Å². The molecule has 26 heavy (non-hydrogen) atoms. The molecular formula is C21H31N3O2. The van der Waals surface area contributed by atoms with Crippen LogP contribution in [0.5, 0.6) is 5.75 Å². The molecule has 0 heterocycles. The Bertz CT molecular complexity index is 703. The Labute approximate surface area is 156 Å². The minimum atomic E-state index is -0.201. The van der Waals surface area contributed by atoms with Gasteiger partial charge in [-0.05, 0) is 68.2 Å². The number of aliphatic imine (C=N–C) groups is 1. The van der Waals surface area contributed by atoms with Crippen LogP contribution in [-0.2, 0) is 6.42 Å². The maximum atomic E-state index is 9.98. The van der Waals surface area contributed by atoms with Crippen molar-refractivity contribution in [2.75, 3.05) is 6.61 Å². The van der Waals surface area contributed by atoms with Crippen LogP contribution < -0.4 is 10.5 Å². The van der Waals surface area contributed by atoms with E-state index in [1.54, 1.807) is 0 Å². The van der Waals surface area contributed by atoms with Gasteiger partial charge in [0.25, 0.3) is 0 Å². The number of rotatable bonds is 5. The molecule has 0 radical (unpaired) electrons. The molecule has 5 nitrogen and oxygen atoms in total. The van der Waals surface area contributed by atoms with Gasteiger partial charge in [-0.2, -0.15) is 0 Å². The summed E-state index contributed by atoms with van der Waals surface area (Å²) in [5, 5.41) is 17.7. The number of nitrogens with two attached hydrogens (primary N) is 1. The maximum absolute atomic E-state index is 9.98. The van der Waals surface area contributed by atoms with E-state index < -0.39 is 0 Å². The highest BCUT2D eigenvalue weighted by atomic mass is 16.5. The molecule has 1 fully saturated rings. The first-order chi connectivity index (χ1) is 12.3. The van der Waals surface area contributed by atoms with Gasteiger partial charge < -0.3 is 15.6 Å². The van der Waals surface area contributed by atoms with Gasteiger partial charge in [-0.3, -0.25) is 10.4 Å². The van der Waals surface area contributed by atoms with Crippen molar-refractivity contribution in [2.45, 2.75) is 65.0 Å². The van der Waals surface area contributed by atoms with E-state index >= 15 is 0 Å². The first kappa shape index (κ1) is 18.9. The van der Waals surface area contributed by atoms with Crippen LogP contribution in [0.25, 0.3) is 0 Å². The van der Waals surface area contributed by atoms with Gasteiger partial charge in [-0.25, -0.2) is 0 Å². The summed E-state index contributed by atoms with van der Waals surface area (Å²) in [5.41, 5.74) is 8.79. The number of nitrogens with zero attached hydrogens (tertiary/aromatic N) is 1. The fraction of sp³-hybridized carbons (Fsp3) is 0.619. The van der Waals surface area contributed by atoms with E-state index in [2.05, 4.69) is 32.0 Å². The first-order valence-electron chi connectivity index (χ1n) is 9.63. The van der Waals surface area contributed by atoms with E-state index in [9.17, 15) is 5.11 Å². The number of fused-ring (bicyclic) bond motifs is 1. The predicted octanol–water partition coefficient (Wildman–Crippen LogP) is 3.64. The second-order valence-corrected chi connectivity index (χ2v) is 8.37. The molecule has 1 aromatic carbocycles. The van der Waals surface area contributed by atoms with Crippen LogP contribution in [0.3, 0.4) is 0 Å². The van der Waals surface area contributed by atoms with E-state index in [4.69, 9.17) is 20.9 Å². The quantitative estimate of drug-likeness (QED) is 0.555. The molecule has 1 saturated carbocycles. The summed E-state index contributed by atoms with van der Waals surface area (Å²) in [6.45, 7) is 6.78. The molecule has 3 rings (SSSR count). The highest BCUT2D eigenvalue weighted by Crippen LogP contribution is 2.56. The zero-order valence-electron chi connectivity index (χ0n) is 16.1. The molecule has 0 saturated heterocycles. The van der Waals surface area contributed by atoms with Gasteiger partial charge in [-0.1, -0.05) is 19.9 Å². The van der Waals surface area contributed by atoms with Gasteiger partial charge in [-0.15, -0.1) is 0 Å². The van der Waals surface area contributed by atoms with Crippen molar-refractivity contribution >= 4 is 11.5 Å². The summed E-state index contributed by atoms with van der Waals surface area (Å²) in [7, 11) is 0. The van der Waals surface area contributed by atoms with Crippen molar-refractivity contribution in [3.63, 3.8) is 0 Å². The lowest BCUT2D eigenvalue weighted by Gasteiger charge is -2.39. The van der Waals surface area contributed by atoms with Crippen molar-refractivity contribution in [3.05, 3.63) is 29.3 Å². The topological polar surface area (TPSA) is 91.7 Å². The van der Waals surface area contributed by atoms with Crippen molar-refractivity contribution in [2.24, 2.45) is 22.1 Å². The number of amidine groups is 1. The van der Waals surface area contributed by atoms with E-state index in [0.717, 1.165) is 37.9 Å². The Hall–Kier alpha value is -1.88. The number of hydrogen-bond acceptors (Lipinski definition) is 4. The predicted molar refractivity (Wildman–Crippen MR) is 105 cm³/mol. The van der Waals surface area contributed by atoms with Crippen molar-refractivity contribution in [1.82, 2.24) is 0 Å². The van der Waals surface area contributed by atoms with E-state index in [-0.39, 0.29) is 23.4 Å². The Kier molecular flexibility index (Phi) is 5.37. The second kappa shape index (κ2) is 7.39. The third-order valence-corrected chi connectivity index (χ3v) is 5.78. The van der Waals surface area contributed by atoms with Crippen LogP contribution in [0.1, 0.15) is 63.6 Å². The minimum absolute atomic E-state index is 0.0171. The Morgan fingerprint density at radius 3 is 2.69 bits per heavy atom. The maximum Gasteiger partial charge on any atom is 0.136 e. The Morgan fingerprint density at radius 1 is 1.38 bits per heavy atom. The number of ether oxygens (including phenoxy) is 1. The first-order valence-corrected chi connectivity index (χ1v) is 9.63. The molecule has 0 unspecified atom stereocenters. The van der Waals surface area contributed by atoms with Crippen LogP contribution in [0.2, 0.25) is 0 Å². The number of benzene rings is 1. The fourth-order valence-corrected chi connectivity index (χ4v) is 4.24. The molecule has 1 spiro atoms. The van der Waals surface area contributed by atoms with Crippen LogP contribution in [-0.4, -0.2) is 29.4 Å². The number of aliphatic hydroxyl groups excluding tert-OH is 1. The molecular weight excluding hydrogens is 326 g/mol. The molecule has 2 aliphatic rings. The number of nitrogens with one attached hydrogen (secondary N) is 1. The molecule has 5 heteroatoms. The van der Waals surface area contributed by atoms with Crippen LogP contribution >= 0.6 is 0 Å². The fourth-order valence-electron chi connectivity index (χ4n) is 4.24. The summed E-state index contributed by atoms with van der Waals surface area (Å²) < 4.78 is 5.93. The van der Waals surface area contributed by atoms with Crippen molar-refractivity contribution in [3.8, 4) is 5.75 Å². The normalized spacial score (nSPS) is 28.4. The monoisotopic (exact) mass is 357 g/mol. The molecule has 4 N–H and O–H groups in total. The summed E-state index contributed by atoms with van der Waals surface area (Å²) in [6, 6.07) is 6.32. The Balaban J connectivity index is 1.96. The largest absolute Gasteiger partial charge is 0.493 e. The molecule has 0 bridgehead atoms. The van der Waals surface area contributed by atoms with Gasteiger partial charge in [0, 0.05) is 5.41 Å². The molecule has 2 aliphatic carbocycles. The van der Waals surface area contributed by atoms with Crippen molar-refractivity contribution < 1.29 is 9.84 Å². The second-order valence-electron chi connectivity index (χ2n) is 8.37. The third kappa shape index (κ3) is 3.78. The van der Waals surface area contributed by atoms with Crippen molar-refractivity contribution in [1.29, 1.82) is 5.41 Å². The van der Waals surface area contributed by atoms with Gasteiger partial charge >= 0.3 is 0 Å². The molecule has 0 aromatic heterocycles. The average Bonchev–Trinajstić information content (AvgIpc) is 2.88. The molecule has 0 amide bonds. The highest BCUT2D eigenvalue weighted by molar-refractivity contribution is 6.38. The van der Waals surface area contributed by atoms with E-state index in [1.165, 1.54) is 11.1 Å². The van der Waals surface area contributed by atoms with Gasteiger partial charge in [0.05, 0.1) is 24.5 Å². The lowest BCUT2D eigenvalue weighted by Crippen LogP contribution is -2.33. The zero-order chi connectivity index (χ0) is 18.9. The Morgan fingerprint density at radius 2 is 2.08 bits per heavy atom.